The minimum atomic E-state index is -1.06. The maximum absolute atomic E-state index is 12.0. The summed E-state index contributed by atoms with van der Waals surface area (Å²) in [5.74, 6) is -1.72. The third-order valence-electron chi connectivity index (χ3n) is 3.78. The number of nitrogens with one attached hydrogen (secondary N) is 1. The van der Waals surface area contributed by atoms with E-state index >= 15 is 0 Å². The lowest BCUT2D eigenvalue weighted by atomic mass is 9.93. The summed E-state index contributed by atoms with van der Waals surface area (Å²) >= 11 is 0. The van der Waals surface area contributed by atoms with Crippen LogP contribution in [0.1, 0.15) is 24.5 Å². The summed E-state index contributed by atoms with van der Waals surface area (Å²) in [6.45, 7) is -0.427. The maximum Gasteiger partial charge on any atom is 0.341 e. The fourth-order valence-electron chi connectivity index (χ4n) is 2.71. The summed E-state index contributed by atoms with van der Waals surface area (Å²) < 4.78 is 6.77. The van der Waals surface area contributed by atoms with E-state index in [0.717, 1.165) is 10.9 Å². The van der Waals surface area contributed by atoms with Crippen molar-refractivity contribution in [3.63, 3.8) is 0 Å². The second kappa shape index (κ2) is 5.71. The standard InChI is InChI=1S/C15H15N3O5/c1-18-11-6-8(23-7-13(20)21)2-3-9(11)14(17-18)10-4-5-12(19)16-15(10)22/h2-3,6,10H,4-5,7H2,1H3,(H,20,21)(H,16,19,22). The summed E-state index contributed by atoms with van der Waals surface area (Å²) in [7, 11) is 1.73. The van der Waals surface area contributed by atoms with E-state index in [1.807, 2.05) is 0 Å². The lowest BCUT2D eigenvalue weighted by Crippen LogP contribution is -2.39. The number of hydrogen-bond donors (Lipinski definition) is 2. The maximum atomic E-state index is 12.0. The number of piperidine rings is 1. The number of amides is 2. The fourth-order valence-corrected chi connectivity index (χ4v) is 2.71. The highest BCUT2D eigenvalue weighted by atomic mass is 16.5. The third-order valence-corrected chi connectivity index (χ3v) is 3.78. The summed E-state index contributed by atoms with van der Waals surface area (Å²) in [6, 6.07) is 5.07. The molecule has 1 aromatic carbocycles. The third kappa shape index (κ3) is 2.87. The minimum Gasteiger partial charge on any atom is -0.482 e. The van der Waals surface area contributed by atoms with Crippen LogP contribution in [0.2, 0.25) is 0 Å². The molecule has 2 amide bonds. The first-order valence-corrected chi connectivity index (χ1v) is 7.10. The normalized spacial score (nSPS) is 18.0. The molecule has 2 N–H and O–H groups in total. The van der Waals surface area contributed by atoms with Gasteiger partial charge < -0.3 is 9.84 Å². The average molecular weight is 317 g/mol. The van der Waals surface area contributed by atoms with Gasteiger partial charge in [0, 0.05) is 24.9 Å². The molecule has 1 saturated heterocycles. The number of aliphatic carboxylic acids is 1. The minimum absolute atomic E-state index is 0.268. The van der Waals surface area contributed by atoms with Crippen LogP contribution in [0.4, 0.5) is 0 Å². The van der Waals surface area contributed by atoms with Crippen molar-refractivity contribution < 1.29 is 24.2 Å². The number of carbonyl (C=O) groups is 3. The molecule has 0 aliphatic carbocycles. The Labute approximate surface area is 131 Å². The van der Waals surface area contributed by atoms with Gasteiger partial charge in [0.25, 0.3) is 0 Å². The molecule has 0 radical (unpaired) electrons. The number of fused-ring (bicyclic) bond motifs is 1. The molecule has 2 aromatic rings. The van der Waals surface area contributed by atoms with E-state index in [1.165, 1.54) is 0 Å². The van der Waals surface area contributed by atoms with Gasteiger partial charge in [-0.15, -0.1) is 0 Å². The molecule has 1 atom stereocenters. The monoisotopic (exact) mass is 317 g/mol. The molecule has 23 heavy (non-hydrogen) atoms. The Hall–Kier alpha value is -2.90. The fraction of sp³-hybridized carbons (Fsp3) is 0.333. The van der Waals surface area contributed by atoms with Gasteiger partial charge in [0.1, 0.15) is 5.75 Å². The second-order valence-corrected chi connectivity index (χ2v) is 5.37. The van der Waals surface area contributed by atoms with Crippen LogP contribution in [-0.2, 0) is 21.4 Å². The first-order chi connectivity index (χ1) is 11.0. The van der Waals surface area contributed by atoms with Crippen LogP contribution in [-0.4, -0.2) is 39.3 Å². The van der Waals surface area contributed by atoms with E-state index in [-0.39, 0.29) is 18.2 Å². The molecular weight excluding hydrogens is 302 g/mol. The van der Waals surface area contributed by atoms with Gasteiger partial charge >= 0.3 is 5.97 Å². The zero-order valence-electron chi connectivity index (χ0n) is 12.4. The first kappa shape index (κ1) is 15.0. The zero-order chi connectivity index (χ0) is 16.6. The lowest BCUT2D eigenvalue weighted by Gasteiger charge is -2.19. The van der Waals surface area contributed by atoms with Crippen LogP contribution < -0.4 is 10.1 Å². The van der Waals surface area contributed by atoms with E-state index in [9.17, 15) is 14.4 Å². The molecule has 8 heteroatoms. The van der Waals surface area contributed by atoms with Gasteiger partial charge in [0.05, 0.1) is 17.1 Å². The van der Waals surface area contributed by atoms with E-state index in [0.29, 0.717) is 17.9 Å². The first-order valence-electron chi connectivity index (χ1n) is 7.10. The summed E-state index contributed by atoms with van der Waals surface area (Å²) in [5, 5.41) is 16.2. The Kier molecular flexibility index (Phi) is 3.73. The summed E-state index contributed by atoms with van der Waals surface area (Å²) in [6.07, 6.45) is 0.711. The predicted octanol–water partition coefficient (Wildman–Crippen LogP) is 0.557. The highest BCUT2D eigenvalue weighted by molar-refractivity contribution is 6.02. The highest BCUT2D eigenvalue weighted by Gasteiger charge is 2.31. The van der Waals surface area contributed by atoms with Gasteiger partial charge in [-0.1, -0.05) is 0 Å². The van der Waals surface area contributed by atoms with Crippen molar-refractivity contribution in [3.8, 4) is 5.75 Å². The average Bonchev–Trinajstić information content (AvgIpc) is 2.82. The molecule has 1 fully saturated rings. The van der Waals surface area contributed by atoms with Crippen molar-refractivity contribution in [3.05, 3.63) is 23.9 Å². The molecule has 120 valence electrons. The summed E-state index contributed by atoms with van der Waals surface area (Å²) in [5.41, 5.74) is 1.34. The van der Waals surface area contributed by atoms with Gasteiger partial charge in [0.2, 0.25) is 11.8 Å². The van der Waals surface area contributed by atoms with Crippen LogP contribution in [0.3, 0.4) is 0 Å². The molecule has 1 aliphatic rings. The topological polar surface area (TPSA) is 111 Å². The number of rotatable bonds is 4. The van der Waals surface area contributed by atoms with E-state index in [2.05, 4.69) is 10.4 Å². The summed E-state index contributed by atoms with van der Waals surface area (Å²) in [4.78, 5) is 33.9. The number of aryl methyl sites for hydroxylation is 1. The van der Waals surface area contributed by atoms with E-state index in [1.54, 1.807) is 29.9 Å². The Morgan fingerprint density at radius 1 is 1.48 bits per heavy atom. The molecule has 3 rings (SSSR count). The molecule has 0 spiro atoms. The number of hydrogen-bond acceptors (Lipinski definition) is 5. The van der Waals surface area contributed by atoms with Gasteiger partial charge in [-0.3, -0.25) is 19.6 Å². The second-order valence-electron chi connectivity index (χ2n) is 5.37. The molecule has 0 bridgehead atoms. The number of carboxylic acid groups (broad SMARTS) is 1. The lowest BCUT2D eigenvalue weighted by molar-refractivity contribution is -0.139. The molecule has 8 nitrogen and oxygen atoms in total. The number of ether oxygens (including phenoxy) is 1. The van der Waals surface area contributed by atoms with Crippen molar-refractivity contribution in [1.82, 2.24) is 15.1 Å². The highest BCUT2D eigenvalue weighted by Crippen LogP contribution is 2.31. The van der Waals surface area contributed by atoms with E-state index < -0.39 is 18.5 Å². The predicted molar refractivity (Wildman–Crippen MR) is 79.0 cm³/mol. The van der Waals surface area contributed by atoms with Crippen molar-refractivity contribution >= 4 is 28.7 Å². The van der Waals surface area contributed by atoms with Crippen molar-refractivity contribution in [2.45, 2.75) is 18.8 Å². The Morgan fingerprint density at radius 3 is 2.96 bits per heavy atom. The van der Waals surface area contributed by atoms with Crippen molar-refractivity contribution in [2.75, 3.05) is 6.61 Å². The van der Waals surface area contributed by atoms with Crippen LogP contribution in [0, 0.1) is 0 Å². The molecule has 1 unspecified atom stereocenters. The van der Waals surface area contributed by atoms with Crippen LogP contribution in [0.5, 0.6) is 5.75 Å². The number of carbonyl (C=O) groups excluding carboxylic acids is 2. The van der Waals surface area contributed by atoms with Gasteiger partial charge in [-0.25, -0.2) is 4.79 Å². The SMILES string of the molecule is Cn1nc(C2CCC(=O)NC2=O)c2ccc(OCC(=O)O)cc21. The van der Waals surface area contributed by atoms with Crippen LogP contribution in [0.15, 0.2) is 18.2 Å². The van der Waals surface area contributed by atoms with Crippen LogP contribution in [0.25, 0.3) is 10.9 Å². The molecule has 1 aliphatic heterocycles. The number of aromatic nitrogens is 2. The Morgan fingerprint density at radius 2 is 2.26 bits per heavy atom. The quantitative estimate of drug-likeness (QED) is 0.797. The number of benzene rings is 1. The van der Waals surface area contributed by atoms with Gasteiger partial charge in [-0.05, 0) is 18.6 Å². The Bertz CT molecular complexity index is 811. The van der Waals surface area contributed by atoms with E-state index in [4.69, 9.17) is 9.84 Å². The van der Waals surface area contributed by atoms with Crippen molar-refractivity contribution in [1.29, 1.82) is 0 Å². The Balaban J connectivity index is 1.95. The smallest absolute Gasteiger partial charge is 0.341 e. The van der Waals surface area contributed by atoms with Crippen LogP contribution >= 0.6 is 0 Å². The largest absolute Gasteiger partial charge is 0.482 e. The molecule has 0 saturated carbocycles. The molecular formula is C15H15N3O5. The molecule has 2 heterocycles. The zero-order valence-corrected chi connectivity index (χ0v) is 12.4. The van der Waals surface area contributed by atoms with Crippen molar-refractivity contribution in [2.24, 2.45) is 7.05 Å². The number of carboxylic acids is 1. The number of nitrogens with zero attached hydrogens (tertiary/aromatic N) is 2. The van der Waals surface area contributed by atoms with Gasteiger partial charge in [0.15, 0.2) is 6.61 Å². The van der Waals surface area contributed by atoms with Gasteiger partial charge in [-0.2, -0.15) is 5.10 Å². The molecule has 1 aromatic heterocycles. The number of imide groups is 1.